The zero-order valence-corrected chi connectivity index (χ0v) is 9.72. The minimum absolute atomic E-state index is 0.0351. The Kier molecular flexibility index (Phi) is 2.18. The van der Waals surface area contributed by atoms with Crippen LogP contribution in [-0.2, 0) is 9.59 Å². The average molecular weight is 209 g/mol. The Labute approximate surface area is 90.6 Å². The lowest BCUT2D eigenvalue weighted by Crippen LogP contribution is -2.41. The summed E-state index contributed by atoms with van der Waals surface area (Å²) in [6, 6.07) is 0. The zero-order chi connectivity index (χ0) is 11.3. The summed E-state index contributed by atoms with van der Waals surface area (Å²) in [5, 5.41) is 2.46. The predicted molar refractivity (Wildman–Crippen MR) is 57.0 cm³/mol. The van der Waals surface area contributed by atoms with E-state index in [1.54, 1.807) is 0 Å². The SMILES string of the molecule is CC1CC(C)(C)CC2(CC(=O)NC2=O)C1. The second-order valence-electron chi connectivity index (χ2n) is 6.19. The molecule has 0 bridgehead atoms. The first-order valence-corrected chi connectivity index (χ1v) is 5.67. The van der Waals surface area contributed by atoms with E-state index < -0.39 is 5.41 Å². The number of rotatable bonds is 0. The highest BCUT2D eigenvalue weighted by Crippen LogP contribution is 2.51. The van der Waals surface area contributed by atoms with Gasteiger partial charge in [0.25, 0.3) is 0 Å². The van der Waals surface area contributed by atoms with E-state index in [4.69, 9.17) is 0 Å². The first-order valence-electron chi connectivity index (χ1n) is 5.67. The Morgan fingerprint density at radius 1 is 1.27 bits per heavy atom. The lowest BCUT2D eigenvalue weighted by Gasteiger charge is -2.43. The van der Waals surface area contributed by atoms with Gasteiger partial charge in [-0.25, -0.2) is 0 Å². The summed E-state index contributed by atoms with van der Waals surface area (Å²) < 4.78 is 0. The summed E-state index contributed by atoms with van der Waals surface area (Å²) in [6.45, 7) is 6.57. The molecule has 1 saturated heterocycles. The molecule has 2 atom stereocenters. The first kappa shape index (κ1) is 10.7. The van der Waals surface area contributed by atoms with Crippen molar-refractivity contribution in [2.75, 3.05) is 0 Å². The van der Waals surface area contributed by atoms with E-state index in [1.807, 2.05) is 0 Å². The van der Waals surface area contributed by atoms with Crippen LogP contribution in [-0.4, -0.2) is 11.8 Å². The topological polar surface area (TPSA) is 46.2 Å². The highest BCUT2D eigenvalue weighted by molar-refractivity contribution is 6.05. The van der Waals surface area contributed by atoms with Crippen molar-refractivity contribution in [3.05, 3.63) is 0 Å². The van der Waals surface area contributed by atoms with E-state index >= 15 is 0 Å². The number of amides is 2. The van der Waals surface area contributed by atoms with Crippen molar-refractivity contribution in [3.8, 4) is 0 Å². The van der Waals surface area contributed by atoms with Crippen LogP contribution in [0.5, 0.6) is 0 Å². The van der Waals surface area contributed by atoms with Gasteiger partial charge in [0.05, 0.1) is 5.41 Å². The molecular weight excluding hydrogens is 190 g/mol. The molecule has 0 radical (unpaired) electrons. The summed E-state index contributed by atoms with van der Waals surface area (Å²) in [5.41, 5.74) is -0.210. The van der Waals surface area contributed by atoms with E-state index in [-0.39, 0.29) is 17.2 Å². The van der Waals surface area contributed by atoms with Gasteiger partial charge in [0.1, 0.15) is 0 Å². The molecule has 2 fully saturated rings. The maximum Gasteiger partial charge on any atom is 0.233 e. The molecule has 2 amide bonds. The van der Waals surface area contributed by atoms with Gasteiger partial charge in [0.2, 0.25) is 11.8 Å². The fourth-order valence-electron chi connectivity index (χ4n) is 3.74. The van der Waals surface area contributed by atoms with Gasteiger partial charge in [-0.15, -0.1) is 0 Å². The van der Waals surface area contributed by atoms with Crippen molar-refractivity contribution in [2.24, 2.45) is 16.7 Å². The maximum absolute atomic E-state index is 11.9. The molecule has 2 aliphatic rings. The lowest BCUT2D eigenvalue weighted by atomic mass is 9.59. The van der Waals surface area contributed by atoms with E-state index in [1.165, 1.54) is 0 Å². The summed E-state index contributed by atoms with van der Waals surface area (Å²) in [7, 11) is 0. The number of hydrogen-bond acceptors (Lipinski definition) is 2. The van der Waals surface area contributed by atoms with E-state index in [2.05, 4.69) is 26.1 Å². The predicted octanol–water partition coefficient (Wildman–Crippen LogP) is 1.87. The molecule has 0 aromatic heterocycles. The molecule has 1 heterocycles. The second kappa shape index (κ2) is 3.06. The molecule has 0 aromatic carbocycles. The second-order valence-corrected chi connectivity index (χ2v) is 6.19. The third-order valence-corrected chi connectivity index (χ3v) is 3.69. The summed E-state index contributed by atoms with van der Waals surface area (Å²) in [4.78, 5) is 23.2. The van der Waals surface area contributed by atoms with Crippen LogP contribution in [0.3, 0.4) is 0 Å². The van der Waals surface area contributed by atoms with Gasteiger partial charge in [-0.2, -0.15) is 0 Å². The van der Waals surface area contributed by atoms with Crippen LogP contribution < -0.4 is 5.32 Å². The highest BCUT2D eigenvalue weighted by Gasteiger charge is 2.52. The Hall–Kier alpha value is -0.860. The fourth-order valence-corrected chi connectivity index (χ4v) is 3.74. The van der Waals surface area contributed by atoms with Gasteiger partial charge in [-0.1, -0.05) is 20.8 Å². The third-order valence-electron chi connectivity index (χ3n) is 3.69. The first-order chi connectivity index (χ1) is 6.83. The Morgan fingerprint density at radius 2 is 1.93 bits per heavy atom. The standard InChI is InChI=1S/C12H19NO2/c1-8-4-11(2,3)7-12(5-8)6-9(14)13-10(12)15/h8H,4-7H2,1-3H3,(H,13,14,15). The molecule has 1 spiro atoms. The molecule has 15 heavy (non-hydrogen) atoms. The van der Waals surface area contributed by atoms with Crippen molar-refractivity contribution in [2.45, 2.75) is 46.5 Å². The van der Waals surface area contributed by atoms with Gasteiger partial charge < -0.3 is 0 Å². The van der Waals surface area contributed by atoms with Crippen LogP contribution in [0.4, 0.5) is 0 Å². The van der Waals surface area contributed by atoms with Gasteiger partial charge in [-0.3, -0.25) is 14.9 Å². The summed E-state index contributed by atoms with van der Waals surface area (Å²) in [6.07, 6.45) is 3.27. The van der Waals surface area contributed by atoms with Crippen LogP contribution in [0, 0.1) is 16.7 Å². The molecule has 3 heteroatoms. The average Bonchev–Trinajstić information content (AvgIpc) is 2.20. The molecular formula is C12H19NO2. The number of hydrogen-bond donors (Lipinski definition) is 1. The monoisotopic (exact) mass is 209 g/mol. The smallest absolute Gasteiger partial charge is 0.233 e. The molecule has 2 unspecified atom stereocenters. The number of nitrogens with one attached hydrogen (secondary N) is 1. The number of carbonyl (C=O) groups excluding carboxylic acids is 2. The molecule has 1 aliphatic heterocycles. The molecule has 84 valence electrons. The van der Waals surface area contributed by atoms with Crippen molar-refractivity contribution >= 4 is 11.8 Å². The van der Waals surface area contributed by atoms with Gasteiger partial charge in [0, 0.05) is 6.42 Å². The maximum atomic E-state index is 11.9. The van der Waals surface area contributed by atoms with Crippen LogP contribution in [0.15, 0.2) is 0 Å². The van der Waals surface area contributed by atoms with Gasteiger partial charge >= 0.3 is 0 Å². The molecule has 1 saturated carbocycles. The normalized spacial score (nSPS) is 39.5. The largest absolute Gasteiger partial charge is 0.296 e. The molecule has 1 N–H and O–H groups in total. The number of imide groups is 1. The Bertz CT molecular complexity index is 322. The lowest BCUT2D eigenvalue weighted by molar-refractivity contribution is -0.132. The highest BCUT2D eigenvalue weighted by atomic mass is 16.2. The van der Waals surface area contributed by atoms with Crippen LogP contribution in [0.2, 0.25) is 0 Å². The number of carbonyl (C=O) groups is 2. The minimum Gasteiger partial charge on any atom is -0.296 e. The third kappa shape index (κ3) is 1.80. The van der Waals surface area contributed by atoms with Crippen molar-refractivity contribution in [3.63, 3.8) is 0 Å². The molecule has 3 nitrogen and oxygen atoms in total. The van der Waals surface area contributed by atoms with E-state index in [0.29, 0.717) is 12.3 Å². The quantitative estimate of drug-likeness (QED) is 0.619. The Balaban J connectivity index is 2.28. The van der Waals surface area contributed by atoms with Gasteiger partial charge in [-0.05, 0) is 30.6 Å². The minimum atomic E-state index is -0.391. The van der Waals surface area contributed by atoms with Crippen molar-refractivity contribution in [1.29, 1.82) is 0 Å². The summed E-state index contributed by atoms with van der Waals surface area (Å²) in [5.74, 6) is 0.405. The van der Waals surface area contributed by atoms with Crippen molar-refractivity contribution in [1.82, 2.24) is 5.32 Å². The molecule has 0 aromatic rings. The molecule has 2 rings (SSSR count). The van der Waals surface area contributed by atoms with Crippen LogP contribution in [0.25, 0.3) is 0 Å². The molecule has 1 aliphatic carbocycles. The van der Waals surface area contributed by atoms with Gasteiger partial charge in [0.15, 0.2) is 0 Å². The summed E-state index contributed by atoms with van der Waals surface area (Å²) >= 11 is 0. The zero-order valence-electron chi connectivity index (χ0n) is 9.72. The Morgan fingerprint density at radius 3 is 2.40 bits per heavy atom. The van der Waals surface area contributed by atoms with E-state index in [9.17, 15) is 9.59 Å². The van der Waals surface area contributed by atoms with Crippen molar-refractivity contribution < 1.29 is 9.59 Å². The van der Waals surface area contributed by atoms with E-state index in [0.717, 1.165) is 19.3 Å². The fraction of sp³-hybridized carbons (Fsp3) is 0.833. The van der Waals surface area contributed by atoms with Crippen LogP contribution >= 0.6 is 0 Å². The van der Waals surface area contributed by atoms with Crippen LogP contribution in [0.1, 0.15) is 46.5 Å².